The Bertz CT molecular complexity index is 479. The van der Waals surface area contributed by atoms with Crippen LogP contribution in [0.4, 0.5) is 11.5 Å². The molecule has 106 valence electrons. The second-order valence-corrected chi connectivity index (χ2v) is 5.97. The van der Waals surface area contributed by atoms with Crippen LogP contribution in [0.25, 0.3) is 0 Å². The number of anilines is 2. The molecule has 1 aromatic heterocycles. The highest BCUT2D eigenvalue weighted by Crippen LogP contribution is 2.17. The second-order valence-electron chi connectivity index (χ2n) is 4.17. The number of hydrogen-bond donors (Lipinski definition) is 2. The lowest BCUT2D eigenvalue weighted by atomic mass is 10.2. The Labute approximate surface area is 115 Å². The molecule has 0 aliphatic rings. The van der Waals surface area contributed by atoms with Gasteiger partial charge in [-0.2, -0.15) is 0 Å². The number of methoxy groups -OCH3 is 1. The molecule has 19 heavy (non-hydrogen) atoms. The third-order valence-electron chi connectivity index (χ3n) is 2.76. The van der Waals surface area contributed by atoms with E-state index in [1.807, 2.05) is 6.92 Å². The molecule has 1 heterocycles. The van der Waals surface area contributed by atoms with E-state index >= 15 is 0 Å². The van der Waals surface area contributed by atoms with Crippen molar-refractivity contribution in [1.82, 2.24) is 4.98 Å². The predicted octanol–water partition coefficient (Wildman–Crippen LogP) is 1.02. The van der Waals surface area contributed by atoms with E-state index in [1.165, 1.54) is 19.4 Å². The van der Waals surface area contributed by atoms with Crippen molar-refractivity contribution in [3.63, 3.8) is 0 Å². The van der Waals surface area contributed by atoms with Crippen molar-refractivity contribution in [2.45, 2.75) is 18.6 Å². The molecule has 0 fully saturated rings. The summed E-state index contributed by atoms with van der Waals surface area (Å²) in [6.45, 7) is 2.51. The van der Waals surface area contributed by atoms with Crippen molar-refractivity contribution in [2.75, 3.05) is 31.0 Å². The first-order valence-corrected chi connectivity index (χ1v) is 7.47. The maximum absolute atomic E-state index is 11.6. The van der Waals surface area contributed by atoms with Crippen LogP contribution < -0.4 is 11.1 Å². The molecule has 0 radical (unpaired) electrons. The number of esters is 1. The van der Waals surface area contributed by atoms with E-state index in [2.05, 4.69) is 15.0 Å². The van der Waals surface area contributed by atoms with Crippen molar-refractivity contribution in [3.8, 4) is 0 Å². The molecule has 7 heteroatoms. The molecule has 3 N–H and O–H groups in total. The molecule has 0 aromatic carbocycles. The van der Waals surface area contributed by atoms with Gasteiger partial charge in [-0.1, -0.05) is 6.92 Å². The Kier molecular flexibility index (Phi) is 5.75. The van der Waals surface area contributed by atoms with Gasteiger partial charge in [-0.3, -0.25) is 4.21 Å². The number of carbonyl (C=O) groups excluding carboxylic acids is 1. The van der Waals surface area contributed by atoms with Gasteiger partial charge in [0.15, 0.2) is 0 Å². The second kappa shape index (κ2) is 7.08. The molecule has 2 unspecified atom stereocenters. The topological polar surface area (TPSA) is 94.3 Å². The van der Waals surface area contributed by atoms with E-state index in [1.54, 1.807) is 6.26 Å². The zero-order chi connectivity index (χ0) is 14.4. The number of hydrogen-bond acceptors (Lipinski definition) is 6. The standard InChI is InChI=1S/C12H19N3O3S/c1-8(19(3)17)4-5-14-10-7-15-11(13)6-9(10)12(16)18-2/h6-8,14H,4-5H2,1-3H3,(H2,13,15). The normalized spacial score (nSPS) is 13.6. The zero-order valence-corrected chi connectivity index (χ0v) is 12.1. The maximum Gasteiger partial charge on any atom is 0.340 e. The van der Waals surface area contributed by atoms with Gasteiger partial charge in [0, 0.05) is 28.9 Å². The Morgan fingerprint density at radius 1 is 1.63 bits per heavy atom. The van der Waals surface area contributed by atoms with Gasteiger partial charge in [0.1, 0.15) is 5.82 Å². The van der Waals surface area contributed by atoms with Gasteiger partial charge >= 0.3 is 5.97 Å². The SMILES string of the molecule is COC(=O)c1cc(N)ncc1NCCC(C)S(C)=O. The van der Waals surface area contributed by atoms with E-state index in [0.717, 1.165) is 6.42 Å². The third-order valence-corrected chi connectivity index (χ3v) is 4.13. The number of aromatic nitrogens is 1. The number of nitrogens with one attached hydrogen (secondary N) is 1. The minimum Gasteiger partial charge on any atom is -0.465 e. The van der Waals surface area contributed by atoms with Crippen LogP contribution in [0, 0.1) is 0 Å². The number of nitrogens with two attached hydrogens (primary N) is 1. The van der Waals surface area contributed by atoms with Gasteiger partial charge in [0.05, 0.1) is 24.6 Å². The summed E-state index contributed by atoms with van der Waals surface area (Å²) in [5, 5.41) is 3.18. The zero-order valence-electron chi connectivity index (χ0n) is 11.3. The summed E-state index contributed by atoms with van der Waals surface area (Å²) in [5.74, 6) is -0.210. The highest BCUT2D eigenvalue weighted by atomic mass is 32.2. The largest absolute Gasteiger partial charge is 0.465 e. The number of ether oxygens (including phenoxy) is 1. The molecule has 2 atom stereocenters. The molecule has 0 spiro atoms. The van der Waals surface area contributed by atoms with Gasteiger partial charge in [0.25, 0.3) is 0 Å². The average Bonchev–Trinajstić information content (AvgIpc) is 2.39. The number of nitrogen functional groups attached to an aromatic ring is 1. The van der Waals surface area contributed by atoms with Crippen LogP contribution in [-0.4, -0.2) is 40.3 Å². The lowest BCUT2D eigenvalue weighted by molar-refractivity contribution is 0.0601. The van der Waals surface area contributed by atoms with Gasteiger partial charge in [-0.05, 0) is 12.5 Å². The first-order chi connectivity index (χ1) is 8.95. The summed E-state index contributed by atoms with van der Waals surface area (Å²) in [6, 6.07) is 1.47. The molecule has 6 nitrogen and oxygen atoms in total. The van der Waals surface area contributed by atoms with Crippen LogP contribution in [0.1, 0.15) is 23.7 Å². The van der Waals surface area contributed by atoms with Gasteiger partial charge in [-0.25, -0.2) is 9.78 Å². The predicted molar refractivity (Wildman–Crippen MR) is 76.6 cm³/mol. The van der Waals surface area contributed by atoms with Crippen LogP contribution in [0.2, 0.25) is 0 Å². The highest BCUT2D eigenvalue weighted by Gasteiger charge is 2.13. The fourth-order valence-corrected chi connectivity index (χ4v) is 1.92. The number of rotatable bonds is 6. The smallest absolute Gasteiger partial charge is 0.340 e. The Hall–Kier alpha value is -1.63. The molecule has 1 aromatic rings. The van der Waals surface area contributed by atoms with Gasteiger partial charge < -0.3 is 15.8 Å². The summed E-state index contributed by atoms with van der Waals surface area (Å²) < 4.78 is 15.9. The number of carbonyl (C=O) groups is 1. The summed E-state index contributed by atoms with van der Waals surface area (Å²) in [6.07, 6.45) is 3.90. The quantitative estimate of drug-likeness (QED) is 0.758. The molecule has 0 saturated heterocycles. The monoisotopic (exact) mass is 285 g/mol. The summed E-state index contributed by atoms with van der Waals surface area (Å²) in [4.78, 5) is 15.5. The van der Waals surface area contributed by atoms with Crippen LogP contribution in [0.15, 0.2) is 12.3 Å². The van der Waals surface area contributed by atoms with Crippen LogP contribution in [0.5, 0.6) is 0 Å². The molecule has 0 amide bonds. The summed E-state index contributed by atoms with van der Waals surface area (Å²) >= 11 is 0. The van der Waals surface area contributed by atoms with E-state index < -0.39 is 16.8 Å². The Balaban J connectivity index is 2.72. The summed E-state index contributed by atoms with van der Waals surface area (Å²) in [5.41, 5.74) is 6.46. The molecule has 0 aliphatic carbocycles. The van der Waals surface area contributed by atoms with Crippen molar-refractivity contribution < 1.29 is 13.7 Å². The highest BCUT2D eigenvalue weighted by molar-refractivity contribution is 7.84. The fraction of sp³-hybridized carbons (Fsp3) is 0.500. The third kappa shape index (κ3) is 4.51. The summed E-state index contributed by atoms with van der Waals surface area (Å²) in [7, 11) is 0.456. The fourth-order valence-electron chi connectivity index (χ4n) is 1.47. The minimum atomic E-state index is -0.855. The first kappa shape index (κ1) is 15.4. The molecule has 0 saturated carbocycles. The average molecular weight is 285 g/mol. The molecule has 0 aliphatic heterocycles. The number of pyridine rings is 1. The lowest BCUT2D eigenvalue weighted by Crippen LogP contribution is -2.16. The first-order valence-electron chi connectivity index (χ1n) is 5.85. The molecular formula is C12H19N3O3S. The number of nitrogens with zero attached hydrogens (tertiary/aromatic N) is 1. The van der Waals surface area contributed by atoms with E-state index in [0.29, 0.717) is 17.8 Å². The molecular weight excluding hydrogens is 266 g/mol. The van der Waals surface area contributed by atoms with Crippen molar-refractivity contribution >= 4 is 28.3 Å². The Morgan fingerprint density at radius 3 is 2.89 bits per heavy atom. The molecule has 1 rings (SSSR count). The maximum atomic E-state index is 11.6. The van der Waals surface area contributed by atoms with Crippen LogP contribution in [0.3, 0.4) is 0 Å². The van der Waals surface area contributed by atoms with E-state index in [9.17, 15) is 9.00 Å². The van der Waals surface area contributed by atoms with Crippen molar-refractivity contribution in [2.24, 2.45) is 0 Å². The lowest BCUT2D eigenvalue weighted by Gasteiger charge is -2.12. The van der Waals surface area contributed by atoms with E-state index in [-0.39, 0.29) is 11.1 Å². The Morgan fingerprint density at radius 2 is 2.32 bits per heavy atom. The van der Waals surface area contributed by atoms with Crippen LogP contribution >= 0.6 is 0 Å². The minimum absolute atomic E-state index is 0.0933. The van der Waals surface area contributed by atoms with Crippen molar-refractivity contribution in [3.05, 3.63) is 17.8 Å². The van der Waals surface area contributed by atoms with Gasteiger partial charge in [-0.15, -0.1) is 0 Å². The van der Waals surface area contributed by atoms with Crippen molar-refractivity contribution in [1.29, 1.82) is 0 Å². The van der Waals surface area contributed by atoms with E-state index in [4.69, 9.17) is 5.73 Å². The molecule has 0 bridgehead atoms. The van der Waals surface area contributed by atoms with Crippen LogP contribution in [-0.2, 0) is 15.5 Å². The van der Waals surface area contributed by atoms with Gasteiger partial charge in [0.2, 0.25) is 0 Å².